The predicted octanol–water partition coefficient (Wildman–Crippen LogP) is 1.64. The molecule has 3 nitrogen and oxygen atoms in total. The number of hydrogen-bond acceptors (Lipinski definition) is 3. The van der Waals surface area contributed by atoms with E-state index in [1.165, 1.54) is 0 Å². The lowest BCUT2D eigenvalue weighted by atomic mass is 10.2. The van der Waals surface area contributed by atoms with Crippen molar-refractivity contribution >= 4 is 15.9 Å². The van der Waals surface area contributed by atoms with Gasteiger partial charge in [-0.25, -0.2) is 0 Å². The molecule has 1 aliphatic heterocycles. The van der Waals surface area contributed by atoms with Gasteiger partial charge in [-0.15, -0.1) is 0 Å². The molecule has 0 spiro atoms. The molecule has 2 rings (SSSR count). The fourth-order valence-electron chi connectivity index (χ4n) is 1.88. The zero-order chi connectivity index (χ0) is 10.7. The van der Waals surface area contributed by atoms with Crippen molar-refractivity contribution in [2.45, 2.75) is 19.5 Å². The van der Waals surface area contributed by atoms with Gasteiger partial charge in [0.05, 0.1) is 5.69 Å². The fourth-order valence-corrected chi connectivity index (χ4v) is 2.12. The van der Waals surface area contributed by atoms with E-state index in [0.29, 0.717) is 6.04 Å². The zero-order valence-electron chi connectivity index (χ0n) is 8.91. The second-order valence-corrected chi connectivity index (χ2v) is 4.97. The SMILES string of the molecule is C[C@H]1CN(Cc2ccc(Br)cn2)CCN1. The summed E-state index contributed by atoms with van der Waals surface area (Å²) in [5.74, 6) is 0. The number of nitrogens with zero attached hydrogens (tertiary/aromatic N) is 2. The number of nitrogens with one attached hydrogen (secondary N) is 1. The maximum atomic E-state index is 4.39. The molecule has 1 aromatic heterocycles. The summed E-state index contributed by atoms with van der Waals surface area (Å²) in [4.78, 5) is 6.83. The third-order valence-electron chi connectivity index (χ3n) is 2.63. The van der Waals surface area contributed by atoms with Crippen molar-refractivity contribution in [2.24, 2.45) is 0 Å². The first-order chi connectivity index (χ1) is 7.24. The van der Waals surface area contributed by atoms with Crippen LogP contribution in [0, 0.1) is 0 Å². The first-order valence-electron chi connectivity index (χ1n) is 5.30. The van der Waals surface area contributed by atoms with Crippen molar-refractivity contribution in [3.63, 3.8) is 0 Å². The average Bonchev–Trinajstić information content (AvgIpc) is 2.22. The van der Waals surface area contributed by atoms with Crippen LogP contribution in [0.15, 0.2) is 22.8 Å². The molecule has 15 heavy (non-hydrogen) atoms. The Hall–Kier alpha value is -0.450. The number of halogens is 1. The van der Waals surface area contributed by atoms with E-state index in [1.54, 1.807) is 0 Å². The van der Waals surface area contributed by atoms with E-state index in [9.17, 15) is 0 Å². The Morgan fingerprint density at radius 2 is 2.47 bits per heavy atom. The van der Waals surface area contributed by atoms with E-state index in [0.717, 1.165) is 36.3 Å². The van der Waals surface area contributed by atoms with Gasteiger partial charge in [-0.05, 0) is 35.0 Å². The summed E-state index contributed by atoms with van der Waals surface area (Å²) in [6, 6.07) is 4.72. The molecular weight excluding hydrogens is 254 g/mol. The first kappa shape index (κ1) is 11.0. The van der Waals surface area contributed by atoms with Crippen molar-refractivity contribution < 1.29 is 0 Å². The lowest BCUT2D eigenvalue weighted by molar-refractivity contribution is 0.197. The summed E-state index contributed by atoms with van der Waals surface area (Å²) < 4.78 is 1.04. The van der Waals surface area contributed by atoms with Crippen LogP contribution in [0.3, 0.4) is 0 Å². The Bertz CT molecular complexity index is 312. The van der Waals surface area contributed by atoms with E-state index in [1.807, 2.05) is 12.3 Å². The Labute approximate surface area is 99.0 Å². The van der Waals surface area contributed by atoms with Gasteiger partial charge in [0.2, 0.25) is 0 Å². The summed E-state index contributed by atoms with van der Waals surface area (Å²) in [6.07, 6.45) is 1.86. The molecule has 0 saturated carbocycles. The highest BCUT2D eigenvalue weighted by Crippen LogP contribution is 2.10. The quantitative estimate of drug-likeness (QED) is 0.885. The van der Waals surface area contributed by atoms with E-state index in [2.05, 4.69) is 44.1 Å². The molecule has 1 atom stereocenters. The van der Waals surface area contributed by atoms with Gasteiger partial charge >= 0.3 is 0 Å². The summed E-state index contributed by atoms with van der Waals surface area (Å²) in [7, 11) is 0. The summed E-state index contributed by atoms with van der Waals surface area (Å²) in [6.45, 7) is 6.48. The maximum absolute atomic E-state index is 4.39. The molecule has 4 heteroatoms. The predicted molar refractivity (Wildman–Crippen MR) is 64.7 cm³/mol. The summed E-state index contributed by atoms with van der Waals surface area (Å²) in [5, 5.41) is 3.44. The summed E-state index contributed by atoms with van der Waals surface area (Å²) in [5.41, 5.74) is 1.15. The molecule has 2 heterocycles. The highest BCUT2D eigenvalue weighted by Gasteiger charge is 2.15. The molecule has 0 amide bonds. The molecule has 1 fully saturated rings. The van der Waals surface area contributed by atoms with Crippen LogP contribution in [0.1, 0.15) is 12.6 Å². The number of hydrogen-bond donors (Lipinski definition) is 1. The van der Waals surface area contributed by atoms with Crippen molar-refractivity contribution in [2.75, 3.05) is 19.6 Å². The van der Waals surface area contributed by atoms with Crippen molar-refractivity contribution in [3.8, 4) is 0 Å². The second kappa shape index (κ2) is 5.05. The Morgan fingerprint density at radius 1 is 1.60 bits per heavy atom. The number of aromatic nitrogens is 1. The molecule has 82 valence electrons. The molecular formula is C11H16BrN3. The van der Waals surface area contributed by atoms with Gasteiger partial charge in [0.15, 0.2) is 0 Å². The molecule has 0 aliphatic carbocycles. The Kier molecular flexibility index (Phi) is 3.72. The highest BCUT2D eigenvalue weighted by atomic mass is 79.9. The number of pyridine rings is 1. The van der Waals surface area contributed by atoms with Gasteiger partial charge in [-0.3, -0.25) is 9.88 Å². The minimum absolute atomic E-state index is 0.592. The van der Waals surface area contributed by atoms with Gasteiger partial charge in [0, 0.05) is 42.9 Å². The van der Waals surface area contributed by atoms with E-state index >= 15 is 0 Å². The van der Waals surface area contributed by atoms with Crippen LogP contribution >= 0.6 is 15.9 Å². The first-order valence-corrected chi connectivity index (χ1v) is 6.09. The molecule has 0 radical (unpaired) electrons. The standard InChI is InChI=1S/C11H16BrN3/c1-9-7-15(5-4-13-9)8-11-3-2-10(12)6-14-11/h2-3,6,9,13H,4-5,7-8H2,1H3/t9-/m0/s1. The van der Waals surface area contributed by atoms with Crippen LogP contribution in [0.25, 0.3) is 0 Å². The largest absolute Gasteiger partial charge is 0.312 e. The topological polar surface area (TPSA) is 28.2 Å². The van der Waals surface area contributed by atoms with Crippen molar-refractivity contribution in [1.82, 2.24) is 15.2 Å². The monoisotopic (exact) mass is 269 g/mol. The van der Waals surface area contributed by atoms with Crippen LogP contribution in [0.5, 0.6) is 0 Å². The van der Waals surface area contributed by atoms with Crippen LogP contribution in [0.2, 0.25) is 0 Å². The Morgan fingerprint density at radius 3 is 3.13 bits per heavy atom. The third kappa shape index (κ3) is 3.26. The lowest BCUT2D eigenvalue weighted by Crippen LogP contribution is -2.48. The molecule has 1 aromatic rings. The fraction of sp³-hybridized carbons (Fsp3) is 0.545. The van der Waals surface area contributed by atoms with Crippen LogP contribution in [-0.4, -0.2) is 35.6 Å². The van der Waals surface area contributed by atoms with Gasteiger partial charge in [0.1, 0.15) is 0 Å². The van der Waals surface area contributed by atoms with Gasteiger partial charge < -0.3 is 5.32 Å². The Balaban J connectivity index is 1.93. The molecule has 1 aliphatic rings. The number of piperazine rings is 1. The van der Waals surface area contributed by atoms with E-state index < -0.39 is 0 Å². The van der Waals surface area contributed by atoms with E-state index in [4.69, 9.17) is 0 Å². The normalized spacial score (nSPS) is 22.9. The second-order valence-electron chi connectivity index (χ2n) is 4.06. The van der Waals surface area contributed by atoms with Crippen LogP contribution in [-0.2, 0) is 6.54 Å². The number of rotatable bonds is 2. The van der Waals surface area contributed by atoms with Crippen molar-refractivity contribution in [1.29, 1.82) is 0 Å². The molecule has 1 N–H and O–H groups in total. The zero-order valence-corrected chi connectivity index (χ0v) is 10.5. The van der Waals surface area contributed by atoms with Crippen LogP contribution in [0.4, 0.5) is 0 Å². The van der Waals surface area contributed by atoms with Crippen molar-refractivity contribution in [3.05, 3.63) is 28.5 Å². The smallest absolute Gasteiger partial charge is 0.0544 e. The van der Waals surface area contributed by atoms with E-state index in [-0.39, 0.29) is 0 Å². The minimum atomic E-state index is 0.592. The lowest BCUT2D eigenvalue weighted by Gasteiger charge is -2.31. The minimum Gasteiger partial charge on any atom is -0.312 e. The van der Waals surface area contributed by atoms with Gasteiger partial charge in [-0.2, -0.15) is 0 Å². The molecule has 0 unspecified atom stereocenters. The molecule has 1 saturated heterocycles. The molecule has 0 aromatic carbocycles. The van der Waals surface area contributed by atoms with Gasteiger partial charge in [0.25, 0.3) is 0 Å². The summed E-state index contributed by atoms with van der Waals surface area (Å²) >= 11 is 3.39. The highest BCUT2D eigenvalue weighted by molar-refractivity contribution is 9.10. The van der Waals surface area contributed by atoms with Crippen LogP contribution < -0.4 is 5.32 Å². The average molecular weight is 270 g/mol. The third-order valence-corrected chi connectivity index (χ3v) is 3.10. The molecule has 0 bridgehead atoms. The van der Waals surface area contributed by atoms with Gasteiger partial charge in [-0.1, -0.05) is 0 Å². The maximum Gasteiger partial charge on any atom is 0.0544 e.